The Labute approximate surface area is 144 Å². The average Bonchev–Trinajstić information content (AvgIpc) is 2.79. The van der Waals surface area contributed by atoms with Crippen molar-refractivity contribution in [1.29, 1.82) is 0 Å². The van der Waals surface area contributed by atoms with Gasteiger partial charge in [-0.15, -0.1) is 11.8 Å². The quantitative estimate of drug-likeness (QED) is 0.736. The Morgan fingerprint density at radius 3 is 2.61 bits per heavy atom. The molecule has 0 saturated heterocycles. The molecule has 2 heteroatoms. The van der Waals surface area contributed by atoms with Gasteiger partial charge >= 0.3 is 0 Å². The van der Waals surface area contributed by atoms with E-state index in [1.165, 1.54) is 16.0 Å². The van der Waals surface area contributed by atoms with E-state index >= 15 is 0 Å². The molecule has 0 unspecified atom stereocenters. The lowest BCUT2D eigenvalue weighted by molar-refractivity contribution is 0.329. The summed E-state index contributed by atoms with van der Waals surface area (Å²) in [7, 11) is 0. The second kappa shape index (κ2) is 7.37. The molecule has 0 radical (unpaired) electrons. The molecule has 1 aliphatic heterocycles. The largest absolute Gasteiger partial charge is 0.299 e. The van der Waals surface area contributed by atoms with Gasteiger partial charge in [-0.05, 0) is 37.0 Å². The smallest absolute Gasteiger partial charge is 0.0592 e. The van der Waals surface area contributed by atoms with E-state index in [4.69, 9.17) is 0 Å². The zero-order valence-electron chi connectivity index (χ0n) is 14.0. The lowest BCUT2D eigenvalue weighted by atomic mass is 9.89. The van der Waals surface area contributed by atoms with E-state index in [1.807, 2.05) is 11.8 Å². The molecule has 23 heavy (non-hydrogen) atoms. The number of benzene rings is 2. The van der Waals surface area contributed by atoms with Crippen LogP contribution in [0, 0.1) is 0 Å². The van der Waals surface area contributed by atoms with E-state index in [-0.39, 0.29) is 11.6 Å². The van der Waals surface area contributed by atoms with Gasteiger partial charge in [0.15, 0.2) is 0 Å². The van der Waals surface area contributed by atoms with Crippen LogP contribution in [0.15, 0.2) is 71.6 Å². The summed E-state index contributed by atoms with van der Waals surface area (Å²) in [4.78, 5) is 1.41. The Morgan fingerprint density at radius 1 is 1.13 bits per heavy atom. The molecule has 0 aliphatic carbocycles. The van der Waals surface area contributed by atoms with Gasteiger partial charge in [-0.2, -0.15) is 0 Å². The summed E-state index contributed by atoms with van der Waals surface area (Å²) in [5.41, 5.74) is 2.89. The second-order valence-electron chi connectivity index (χ2n) is 6.22. The molecule has 2 aromatic carbocycles. The molecule has 3 rings (SSSR count). The summed E-state index contributed by atoms with van der Waals surface area (Å²) in [5.74, 6) is 1.11. The third kappa shape index (κ3) is 3.54. The van der Waals surface area contributed by atoms with Crippen LogP contribution in [0.3, 0.4) is 0 Å². The first-order valence-electron chi connectivity index (χ1n) is 8.43. The summed E-state index contributed by atoms with van der Waals surface area (Å²) < 4.78 is 0. The maximum atomic E-state index is 4.01. The molecular weight excluding hydrogens is 298 g/mol. The number of rotatable bonds is 4. The monoisotopic (exact) mass is 323 g/mol. The van der Waals surface area contributed by atoms with Crippen molar-refractivity contribution in [2.75, 3.05) is 5.75 Å². The molecule has 1 aliphatic rings. The van der Waals surface area contributed by atoms with Gasteiger partial charge in [0.25, 0.3) is 0 Å². The Balaban J connectivity index is 2.04. The van der Waals surface area contributed by atoms with E-state index in [2.05, 4.69) is 85.9 Å². The Hall–Kier alpha value is -1.51. The molecule has 0 amide bonds. The van der Waals surface area contributed by atoms with E-state index in [9.17, 15) is 0 Å². The summed E-state index contributed by atoms with van der Waals surface area (Å²) >= 11 is 1.99. The molecule has 1 heterocycles. The van der Waals surface area contributed by atoms with Crippen molar-refractivity contribution in [2.24, 2.45) is 0 Å². The van der Waals surface area contributed by atoms with Crippen molar-refractivity contribution in [3.8, 4) is 0 Å². The van der Waals surface area contributed by atoms with Crippen LogP contribution in [-0.4, -0.2) is 11.3 Å². The summed E-state index contributed by atoms with van der Waals surface area (Å²) in [6, 6.07) is 19.9. The SMILES string of the molecule is C/C=C/C[C@]1(CC)CSc2ccccc2[C@H](c2ccccc2)N1. The molecule has 0 aromatic heterocycles. The molecule has 0 bridgehead atoms. The second-order valence-corrected chi connectivity index (χ2v) is 7.24. The van der Waals surface area contributed by atoms with Gasteiger partial charge in [0.1, 0.15) is 0 Å². The normalized spacial score (nSPS) is 24.3. The summed E-state index contributed by atoms with van der Waals surface area (Å²) in [5, 5.41) is 4.01. The van der Waals surface area contributed by atoms with Crippen LogP contribution in [0.1, 0.15) is 43.9 Å². The van der Waals surface area contributed by atoms with Gasteiger partial charge in [-0.25, -0.2) is 0 Å². The minimum atomic E-state index is 0.136. The van der Waals surface area contributed by atoms with Crippen molar-refractivity contribution in [3.05, 3.63) is 77.9 Å². The van der Waals surface area contributed by atoms with Crippen LogP contribution in [0.2, 0.25) is 0 Å². The van der Waals surface area contributed by atoms with E-state index in [0.29, 0.717) is 0 Å². The molecule has 2 aromatic rings. The first-order chi connectivity index (χ1) is 11.3. The summed E-state index contributed by atoms with van der Waals surface area (Å²) in [6.45, 7) is 4.41. The van der Waals surface area contributed by atoms with Crippen molar-refractivity contribution in [3.63, 3.8) is 0 Å². The van der Waals surface area contributed by atoms with Gasteiger partial charge in [0, 0.05) is 16.2 Å². The first kappa shape index (κ1) is 16.4. The number of hydrogen-bond acceptors (Lipinski definition) is 2. The van der Waals surface area contributed by atoms with Crippen molar-refractivity contribution in [1.82, 2.24) is 5.32 Å². The minimum absolute atomic E-state index is 0.136. The number of nitrogens with one attached hydrogen (secondary N) is 1. The minimum Gasteiger partial charge on any atom is -0.299 e. The maximum absolute atomic E-state index is 4.01. The summed E-state index contributed by atoms with van der Waals surface area (Å²) in [6.07, 6.45) is 6.67. The van der Waals surface area contributed by atoms with Crippen molar-refractivity contribution in [2.45, 2.75) is 43.2 Å². The van der Waals surface area contributed by atoms with Gasteiger partial charge < -0.3 is 0 Å². The van der Waals surface area contributed by atoms with Crippen LogP contribution < -0.4 is 5.32 Å². The highest BCUT2D eigenvalue weighted by molar-refractivity contribution is 7.99. The zero-order chi connectivity index (χ0) is 16.1. The fraction of sp³-hybridized carbons (Fsp3) is 0.333. The van der Waals surface area contributed by atoms with Crippen LogP contribution in [-0.2, 0) is 0 Å². The van der Waals surface area contributed by atoms with Crippen LogP contribution in [0.25, 0.3) is 0 Å². The molecule has 0 spiro atoms. The highest BCUT2D eigenvalue weighted by atomic mass is 32.2. The Bertz CT molecular complexity index is 665. The topological polar surface area (TPSA) is 12.0 Å². The first-order valence-corrected chi connectivity index (χ1v) is 9.42. The number of allylic oxidation sites excluding steroid dienone is 1. The Morgan fingerprint density at radius 2 is 1.87 bits per heavy atom. The van der Waals surface area contributed by atoms with E-state index < -0.39 is 0 Å². The van der Waals surface area contributed by atoms with Crippen LogP contribution in [0.5, 0.6) is 0 Å². The van der Waals surface area contributed by atoms with Gasteiger partial charge in [0.2, 0.25) is 0 Å². The maximum Gasteiger partial charge on any atom is 0.0592 e. The predicted molar refractivity (Wildman–Crippen MR) is 101 cm³/mol. The van der Waals surface area contributed by atoms with Crippen molar-refractivity contribution >= 4 is 11.8 Å². The average molecular weight is 324 g/mol. The van der Waals surface area contributed by atoms with E-state index in [0.717, 1.165) is 18.6 Å². The molecule has 120 valence electrons. The van der Waals surface area contributed by atoms with E-state index in [1.54, 1.807) is 0 Å². The van der Waals surface area contributed by atoms with Gasteiger partial charge in [0.05, 0.1) is 6.04 Å². The predicted octanol–water partition coefficient (Wildman–Crippen LogP) is 5.59. The molecule has 2 atom stereocenters. The molecule has 1 N–H and O–H groups in total. The highest BCUT2D eigenvalue weighted by Crippen LogP contribution is 2.40. The van der Waals surface area contributed by atoms with Gasteiger partial charge in [-0.1, -0.05) is 67.6 Å². The zero-order valence-corrected chi connectivity index (χ0v) is 14.8. The van der Waals surface area contributed by atoms with Crippen LogP contribution in [0.4, 0.5) is 0 Å². The standard InChI is InChI=1S/C21H25NS/c1-3-5-15-21(4-2)16-23-19-14-10-9-13-18(19)20(22-21)17-11-7-6-8-12-17/h3,5-14,20,22H,4,15-16H2,1-2H3/b5-3+/t20-,21+/m0/s1. The number of fused-ring (bicyclic) bond motifs is 1. The fourth-order valence-corrected chi connectivity index (χ4v) is 4.57. The third-order valence-corrected chi connectivity index (χ3v) is 6.12. The Kier molecular flexibility index (Phi) is 5.24. The van der Waals surface area contributed by atoms with Crippen molar-refractivity contribution < 1.29 is 0 Å². The molecule has 0 saturated carbocycles. The number of thioether (sulfide) groups is 1. The van der Waals surface area contributed by atoms with Crippen LogP contribution >= 0.6 is 11.8 Å². The highest BCUT2D eigenvalue weighted by Gasteiger charge is 2.34. The molecular formula is C21H25NS. The van der Waals surface area contributed by atoms with Gasteiger partial charge in [-0.3, -0.25) is 5.32 Å². The lowest BCUT2D eigenvalue weighted by Gasteiger charge is -2.35. The molecule has 0 fully saturated rings. The fourth-order valence-electron chi connectivity index (χ4n) is 3.21. The number of hydrogen-bond donors (Lipinski definition) is 1. The molecule has 1 nitrogen and oxygen atoms in total. The third-order valence-electron chi connectivity index (χ3n) is 4.74. The lowest BCUT2D eigenvalue weighted by Crippen LogP contribution is -2.47.